The molecule has 0 amide bonds. The smallest absolute Gasteiger partial charge is 0.0546 e. The molecule has 0 radical (unpaired) electrons. The Labute approximate surface area is 325 Å². The number of para-hydroxylation sites is 2. The molecule has 2 nitrogen and oxygen atoms in total. The van der Waals surface area contributed by atoms with Crippen LogP contribution in [0.1, 0.15) is 0 Å². The fourth-order valence-electron chi connectivity index (χ4n) is 8.69. The van der Waals surface area contributed by atoms with Gasteiger partial charge in [-0.25, -0.2) is 0 Å². The van der Waals surface area contributed by atoms with Gasteiger partial charge in [0.1, 0.15) is 0 Å². The van der Waals surface area contributed by atoms with Crippen LogP contribution in [0.25, 0.3) is 99.5 Å². The van der Waals surface area contributed by atoms with Crippen molar-refractivity contribution in [3.05, 3.63) is 218 Å². The number of hydrogen-bond acceptors (Lipinski definition) is 0. The zero-order valence-electron chi connectivity index (χ0n) is 30.7. The summed E-state index contributed by atoms with van der Waals surface area (Å²) < 4.78 is 4.87. The van der Waals surface area contributed by atoms with Crippen LogP contribution in [0, 0.1) is 0 Å². The maximum Gasteiger partial charge on any atom is 0.0546 e. The van der Waals surface area contributed by atoms with Gasteiger partial charge in [-0.3, -0.25) is 0 Å². The lowest BCUT2D eigenvalue weighted by atomic mass is 9.98. The number of aromatic nitrogens is 2. The predicted molar refractivity (Wildman–Crippen MR) is 237 cm³/mol. The van der Waals surface area contributed by atoms with Gasteiger partial charge in [0.2, 0.25) is 0 Å². The second kappa shape index (κ2) is 13.2. The van der Waals surface area contributed by atoms with Gasteiger partial charge in [-0.2, -0.15) is 0 Å². The van der Waals surface area contributed by atoms with E-state index in [-0.39, 0.29) is 0 Å². The van der Waals surface area contributed by atoms with Crippen LogP contribution >= 0.6 is 0 Å². The molecular formula is C54H36N2. The lowest BCUT2D eigenvalue weighted by molar-refractivity contribution is 1.18. The Kier molecular flexibility index (Phi) is 7.53. The molecule has 0 saturated heterocycles. The van der Waals surface area contributed by atoms with Crippen molar-refractivity contribution in [2.75, 3.05) is 0 Å². The molecule has 0 N–H and O–H groups in total. The van der Waals surface area contributed by atoms with Crippen molar-refractivity contribution in [1.82, 2.24) is 9.13 Å². The molecule has 0 saturated carbocycles. The van der Waals surface area contributed by atoms with Crippen molar-refractivity contribution in [2.45, 2.75) is 0 Å². The third-order valence-corrected chi connectivity index (χ3v) is 11.3. The highest BCUT2D eigenvalue weighted by molar-refractivity contribution is 6.13. The predicted octanol–water partition coefficient (Wildman–Crippen LogP) is 14.5. The molecule has 56 heavy (non-hydrogen) atoms. The standard InChI is InChI=1S/C54H36N2/c1-4-15-37(16-5-1)40-21-14-22-44(33-40)55-50-25-12-10-23-46(50)48-34-41(28-31-52(48)55)42-29-32-53-49(35-42)47-24-11-13-26-51(47)56(53)54-36-43(38-17-6-2-7-18-38)27-30-45(54)39-19-8-3-9-20-39/h1-36H. The fourth-order valence-corrected chi connectivity index (χ4v) is 8.69. The molecule has 0 unspecified atom stereocenters. The normalized spacial score (nSPS) is 11.6. The molecular weight excluding hydrogens is 677 g/mol. The minimum atomic E-state index is 1.16. The van der Waals surface area contributed by atoms with Crippen LogP contribution in [-0.2, 0) is 0 Å². The van der Waals surface area contributed by atoms with E-state index in [9.17, 15) is 0 Å². The second-order valence-corrected chi connectivity index (χ2v) is 14.5. The molecule has 0 spiro atoms. The zero-order valence-corrected chi connectivity index (χ0v) is 30.7. The van der Waals surface area contributed by atoms with Crippen molar-refractivity contribution in [1.29, 1.82) is 0 Å². The van der Waals surface area contributed by atoms with Crippen molar-refractivity contribution < 1.29 is 0 Å². The summed E-state index contributed by atoms with van der Waals surface area (Å²) in [6, 6.07) is 79.4. The number of hydrogen-bond donors (Lipinski definition) is 0. The monoisotopic (exact) mass is 712 g/mol. The first-order chi connectivity index (χ1) is 27.8. The van der Waals surface area contributed by atoms with Crippen LogP contribution in [-0.4, -0.2) is 9.13 Å². The van der Waals surface area contributed by atoms with Crippen LogP contribution < -0.4 is 0 Å². The number of fused-ring (bicyclic) bond motifs is 6. The molecule has 11 rings (SSSR count). The molecule has 2 heterocycles. The van der Waals surface area contributed by atoms with Gasteiger partial charge in [0.05, 0.1) is 27.8 Å². The first kappa shape index (κ1) is 32.0. The molecule has 0 atom stereocenters. The van der Waals surface area contributed by atoms with Gasteiger partial charge in [-0.1, -0.05) is 164 Å². The summed E-state index contributed by atoms with van der Waals surface area (Å²) in [7, 11) is 0. The van der Waals surface area contributed by atoms with Crippen LogP contribution in [0.2, 0.25) is 0 Å². The third-order valence-electron chi connectivity index (χ3n) is 11.3. The van der Waals surface area contributed by atoms with E-state index in [0.717, 1.165) is 5.69 Å². The van der Waals surface area contributed by atoms with Crippen molar-refractivity contribution in [2.24, 2.45) is 0 Å². The van der Waals surface area contributed by atoms with Gasteiger partial charge in [-0.05, 0) is 93.5 Å². The Balaban J connectivity index is 1.09. The Morgan fingerprint density at radius 3 is 1.27 bits per heavy atom. The summed E-state index contributed by atoms with van der Waals surface area (Å²) in [5.74, 6) is 0. The molecule has 9 aromatic carbocycles. The molecule has 11 aromatic rings. The van der Waals surface area contributed by atoms with Gasteiger partial charge >= 0.3 is 0 Å². The average Bonchev–Trinajstić information content (AvgIpc) is 3.79. The maximum absolute atomic E-state index is 2.46. The fraction of sp³-hybridized carbons (Fsp3) is 0. The molecule has 0 aliphatic carbocycles. The largest absolute Gasteiger partial charge is 0.309 e. The van der Waals surface area contributed by atoms with Crippen LogP contribution in [0.5, 0.6) is 0 Å². The Bertz CT molecular complexity index is 3220. The molecule has 0 bridgehead atoms. The highest BCUT2D eigenvalue weighted by Crippen LogP contribution is 2.41. The summed E-state index contributed by atoms with van der Waals surface area (Å²) in [4.78, 5) is 0. The summed E-state index contributed by atoms with van der Waals surface area (Å²) in [6.45, 7) is 0. The molecule has 0 aliphatic rings. The Morgan fingerprint density at radius 1 is 0.232 bits per heavy atom. The summed E-state index contributed by atoms with van der Waals surface area (Å²) in [5.41, 5.74) is 16.7. The first-order valence-electron chi connectivity index (χ1n) is 19.3. The van der Waals surface area contributed by atoms with Gasteiger partial charge in [0, 0.05) is 32.8 Å². The Hall–Kier alpha value is -7.42. The molecule has 0 aliphatic heterocycles. The van der Waals surface area contributed by atoms with E-state index in [4.69, 9.17) is 0 Å². The summed E-state index contributed by atoms with van der Waals surface area (Å²) in [6.07, 6.45) is 0. The van der Waals surface area contributed by atoms with E-state index < -0.39 is 0 Å². The first-order valence-corrected chi connectivity index (χ1v) is 19.3. The second-order valence-electron chi connectivity index (χ2n) is 14.5. The minimum absolute atomic E-state index is 1.16. The average molecular weight is 713 g/mol. The quantitative estimate of drug-likeness (QED) is 0.162. The van der Waals surface area contributed by atoms with Gasteiger partial charge < -0.3 is 9.13 Å². The molecule has 2 aromatic heterocycles. The zero-order chi connectivity index (χ0) is 37.0. The van der Waals surface area contributed by atoms with Crippen molar-refractivity contribution in [3.8, 4) is 55.9 Å². The SMILES string of the molecule is c1ccc(-c2cccc(-n3c4ccccc4c4cc(-c5ccc6c(c5)c5ccccc5n6-c5cc(-c6ccccc6)ccc5-c5ccccc5)ccc43)c2)cc1. The molecule has 0 fully saturated rings. The topological polar surface area (TPSA) is 9.86 Å². The van der Waals surface area contributed by atoms with Crippen molar-refractivity contribution in [3.63, 3.8) is 0 Å². The van der Waals surface area contributed by atoms with Crippen molar-refractivity contribution >= 4 is 43.6 Å². The highest BCUT2D eigenvalue weighted by atomic mass is 15.0. The maximum atomic E-state index is 2.46. The lowest BCUT2D eigenvalue weighted by Crippen LogP contribution is -1.98. The highest BCUT2D eigenvalue weighted by Gasteiger charge is 2.19. The lowest BCUT2D eigenvalue weighted by Gasteiger charge is -2.16. The minimum Gasteiger partial charge on any atom is -0.309 e. The van der Waals surface area contributed by atoms with E-state index in [0.29, 0.717) is 0 Å². The molecule has 262 valence electrons. The summed E-state index contributed by atoms with van der Waals surface area (Å²) >= 11 is 0. The van der Waals surface area contributed by atoms with Crippen LogP contribution in [0.4, 0.5) is 0 Å². The van der Waals surface area contributed by atoms with E-state index >= 15 is 0 Å². The van der Waals surface area contributed by atoms with E-state index in [2.05, 4.69) is 228 Å². The molecule has 2 heteroatoms. The van der Waals surface area contributed by atoms with E-state index in [1.165, 1.54) is 93.8 Å². The van der Waals surface area contributed by atoms with Crippen LogP contribution in [0.15, 0.2) is 218 Å². The number of nitrogens with zero attached hydrogens (tertiary/aromatic N) is 2. The summed E-state index contributed by atoms with van der Waals surface area (Å²) in [5, 5.41) is 4.97. The Morgan fingerprint density at radius 2 is 0.661 bits per heavy atom. The number of rotatable bonds is 6. The third kappa shape index (κ3) is 5.26. The van der Waals surface area contributed by atoms with Gasteiger partial charge in [-0.15, -0.1) is 0 Å². The van der Waals surface area contributed by atoms with Gasteiger partial charge in [0.25, 0.3) is 0 Å². The number of benzene rings is 9. The van der Waals surface area contributed by atoms with Crippen LogP contribution in [0.3, 0.4) is 0 Å². The van der Waals surface area contributed by atoms with E-state index in [1.54, 1.807) is 0 Å². The van der Waals surface area contributed by atoms with E-state index in [1.807, 2.05) is 0 Å². The van der Waals surface area contributed by atoms with Gasteiger partial charge in [0.15, 0.2) is 0 Å².